The first-order valence-corrected chi connectivity index (χ1v) is 9.48. The number of nitrogens with zero attached hydrogens (tertiary/aromatic N) is 1. The van der Waals surface area contributed by atoms with Crippen molar-refractivity contribution < 1.29 is 27.4 Å². The summed E-state index contributed by atoms with van der Waals surface area (Å²) in [5, 5.41) is 12.0. The number of esters is 1. The molecule has 0 bridgehead atoms. The molecule has 0 radical (unpaired) electrons. The van der Waals surface area contributed by atoms with Crippen LogP contribution >= 0.6 is 0 Å². The minimum atomic E-state index is -4.57. The molecule has 1 saturated carbocycles. The van der Waals surface area contributed by atoms with Gasteiger partial charge in [-0.1, -0.05) is 13.3 Å². The van der Waals surface area contributed by atoms with Crippen LogP contribution in [0.4, 0.5) is 18.9 Å². The molecule has 1 aromatic carbocycles. The molecular weight excluding hydrogens is 373 g/mol. The van der Waals surface area contributed by atoms with Gasteiger partial charge in [0.1, 0.15) is 6.61 Å². The van der Waals surface area contributed by atoms with Gasteiger partial charge in [-0.05, 0) is 50.3 Å². The Labute approximate surface area is 162 Å². The minimum absolute atomic E-state index is 0.0189. The maximum absolute atomic E-state index is 13.1. The largest absolute Gasteiger partial charge is 0.464 e. The lowest BCUT2D eigenvalue weighted by Gasteiger charge is -2.29. The smallest absolute Gasteiger partial charge is 0.417 e. The van der Waals surface area contributed by atoms with E-state index < -0.39 is 11.7 Å². The molecule has 0 saturated heterocycles. The fourth-order valence-electron chi connectivity index (χ4n) is 3.13. The number of anilines is 1. The zero-order chi connectivity index (χ0) is 20.6. The summed E-state index contributed by atoms with van der Waals surface area (Å²) in [6, 6.07) is 5.25. The molecule has 1 aliphatic carbocycles. The quantitative estimate of drug-likeness (QED) is 0.509. The van der Waals surface area contributed by atoms with E-state index in [0.29, 0.717) is 25.1 Å². The van der Waals surface area contributed by atoms with E-state index in [1.807, 2.05) is 6.92 Å². The number of carbonyl (C=O) groups is 1. The summed E-state index contributed by atoms with van der Waals surface area (Å²) in [5.74, 6) is -0.369. The van der Waals surface area contributed by atoms with Crippen LogP contribution in [-0.2, 0) is 20.4 Å². The summed E-state index contributed by atoms with van der Waals surface area (Å²) in [5.41, 5.74) is -0.977. The van der Waals surface area contributed by atoms with E-state index in [9.17, 15) is 18.0 Å². The Balaban J connectivity index is 1.80. The molecule has 0 heterocycles. The van der Waals surface area contributed by atoms with Gasteiger partial charge in [0.05, 0.1) is 29.9 Å². The number of carbonyl (C=O) groups excluding carboxylic acids is 1. The van der Waals surface area contributed by atoms with E-state index in [1.165, 1.54) is 12.1 Å². The molecule has 0 aromatic heterocycles. The van der Waals surface area contributed by atoms with Crippen molar-refractivity contribution in [2.45, 2.75) is 63.8 Å². The van der Waals surface area contributed by atoms with E-state index in [1.54, 1.807) is 6.07 Å². The number of ether oxygens (including phenoxy) is 2. The Morgan fingerprint density at radius 2 is 2.00 bits per heavy atom. The number of nitrogens with one attached hydrogen (secondary N) is 1. The van der Waals surface area contributed by atoms with Gasteiger partial charge >= 0.3 is 12.1 Å². The van der Waals surface area contributed by atoms with Crippen LogP contribution in [0.3, 0.4) is 0 Å². The lowest BCUT2D eigenvalue weighted by molar-refractivity contribution is -0.151. The second-order valence-corrected chi connectivity index (χ2v) is 6.87. The molecule has 154 valence electrons. The molecule has 0 spiro atoms. The molecule has 1 aromatic rings. The van der Waals surface area contributed by atoms with Crippen LogP contribution in [0.15, 0.2) is 18.2 Å². The predicted octanol–water partition coefficient (Wildman–Crippen LogP) is 4.66. The summed E-state index contributed by atoms with van der Waals surface area (Å²) in [6.45, 7) is 2.34. The SMILES string of the molecule is CCCCOC(=O)COC1CCC(Nc2ccc(C#N)c(C(F)(F)F)c2)CC1. The Morgan fingerprint density at radius 3 is 2.61 bits per heavy atom. The summed E-state index contributed by atoms with van der Waals surface area (Å²) in [4.78, 5) is 11.6. The second kappa shape index (κ2) is 10.3. The molecule has 0 amide bonds. The first-order valence-electron chi connectivity index (χ1n) is 9.48. The maximum Gasteiger partial charge on any atom is 0.417 e. The number of nitriles is 1. The normalized spacial score (nSPS) is 19.7. The van der Waals surface area contributed by atoms with E-state index >= 15 is 0 Å². The van der Waals surface area contributed by atoms with Gasteiger partial charge < -0.3 is 14.8 Å². The van der Waals surface area contributed by atoms with Crippen molar-refractivity contribution in [1.29, 1.82) is 5.26 Å². The summed E-state index contributed by atoms with van der Waals surface area (Å²) in [6.07, 6.45) is 0.0183. The second-order valence-electron chi connectivity index (χ2n) is 6.87. The van der Waals surface area contributed by atoms with Crippen LogP contribution in [0.1, 0.15) is 56.6 Å². The van der Waals surface area contributed by atoms with E-state index in [0.717, 1.165) is 31.7 Å². The van der Waals surface area contributed by atoms with Crippen molar-refractivity contribution >= 4 is 11.7 Å². The van der Waals surface area contributed by atoms with Gasteiger partial charge in [0.15, 0.2) is 0 Å². The van der Waals surface area contributed by atoms with Crippen LogP contribution in [0, 0.1) is 11.3 Å². The van der Waals surface area contributed by atoms with Crippen molar-refractivity contribution in [3.8, 4) is 6.07 Å². The topological polar surface area (TPSA) is 71.3 Å². The third-order valence-corrected chi connectivity index (χ3v) is 4.69. The Bertz CT molecular complexity index is 693. The predicted molar refractivity (Wildman–Crippen MR) is 97.6 cm³/mol. The fourth-order valence-corrected chi connectivity index (χ4v) is 3.13. The molecule has 0 atom stereocenters. The average molecular weight is 398 g/mol. The van der Waals surface area contributed by atoms with E-state index in [4.69, 9.17) is 14.7 Å². The summed E-state index contributed by atoms with van der Waals surface area (Å²) in [7, 11) is 0. The number of hydrogen-bond donors (Lipinski definition) is 1. The third kappa shape index (κ3) is 6.71. The number of rotatable bonds is 8. The Hall–Kier alpha value is -2.27. The van der Waals surface area contributed by atoms with Crippen molar-refractivity contribution in [3.05, 3.63) is 29.3 Å². The Kier molecular flexibility index (Phi) is 8.12. The van der Waals surface area contributed by atoms with Crippen LogP contribution in [0.5, 0.6) is 0 Å². The Morgan fingerprint density at radius 1 is 1.29 bits per heavy atom. The molecule has 0 unspecified atom stereocenters. The van der Waals surface area contributed by atoms with Crippen molar-refractivity contribution in [1.82, 2.24) is 0 Å². The number of hydrogen-bond acceptors (Lipinski definition) is 5. The standard InChI is InChI=1S/C20H25F3N2O3/c1-2-3-10-27-19(26)13-28-17-8-6-15(7-9-17)25-16-5-4-14(12-24)18(11-16)20(21,22)23/h4-5,11,15,17,25H,2-3,6-10,13H2,1H3. The zero-order valence-corrected chi connectivity index (χ0v) is 15.8. The van der Waals surface area contributed by atoms with Crippen LogP contribution < -0.4 is 5.32 Å². The zero-order valence-electron chi connectivity index (χ0n) is 15.8. The van der Waals surface area contributed by atoms with Gasteiger partial charge in [-0.25, -0.2) is 4.79 Å². The summed E-state index contributed by atoms with van der Waals surface area (Å²) < 4.78 is 49.8. The third-order valence-electron chi connectivity index (χ3n) is 4.69. The molecule has 5 nitrogen and oxygen atoms in total. The van der Waals surface area contributed by atoms with Gasteiger partial charge in [-0.15, -0.1) is 0 Å². The van der Waals surface area contributed by atoms with E-state index in [2.05, 4.69) is 5.32 Å². The molecule has 8 heteroatoms. The summed E-state index contributed by atoms with van der Waals surface area (Å²) >= 11 is 0. The van der Waals surface area contributed by atoms with Crippen LogP contribution in [-0.4, -0.2) is 31.3 Å². The minimum Gasteiger partial charge on any atom is -0.464 e. The highest BCUT2D eigenvalue weighted by molar-refractivity contribution is 5.70. The van der Waals surface area contributed by atoms with Crippen LogP contribution in [0.2, 0.25) is 0 Å². The highest BCUT2D eigenvalue weighted by Crippen LogP contribution is 2.34. The number of unbranched alkanes of at least 4 members (excludes halogenated alkanes) is 1. The first-order chi connectivity index (χ1) is 13.3. The molecule has 1 aliphatic rings. The number of halogens is 3. The lowest BCUT2D eigenvalue weighted by Crippen LogP contribution is -2.31. The van der Waals surface area contributed by atoms with Crippen molar-refractivity contribution in [2.24, 2.45) is 0 Å². The number of alkyl halides is 3. The van der Waals surface area contributed by atoms with Crippen LogP contribution in [0.25, 0.3) is 0 Å². The van der Waals surface area contributed by atoms with Gasteiger partial charge in [0.2, 0.25) is 0 Å². The molecule has 28 heavy (non-hydrogen) atoms. The monoisotopic (exact) mass is 398 g/mol. The maximum atomic E-state index is 13.1. The highest BCUT2D eigenvalue weighted by Gasteiger charge is 2.34. The fraction of sp³-hybridized carbons (Fsp3) is 0.600. The molecule has 2 rings (SSSR count). The van der Waals surface area contributed by atoms with Gasteiger partial charge in [-0.3, -0.25) is 0 Å². The van der Waals surface area contributed by atoms with E-state index in [-0.39, 0.29) is 30.3 Å². The molecule has 1 fully saturated rings. The first kappa shape index (κ1) is 22.0. The number of benzene rings is 1. The van der Waals surface area contributed by atoms with Gasteiger partial charge in [-0.2, -0.15) is 18.4 Å². The lowest BCUT2D eigenvalue weighted by atomic mass is 9.92. The highest BCUT2D eigenvalue weighted by atomic mass is 19.4. The molecular formula is C20H25F3N2O3. The van der Waals surface area contributed by atoms with Crippen molar-refractivity contribution in [3.63, 3.8) is 0 Å². The van der Waals surface area contributed by atoms with Gasteiger partial charge in [0, 0.05) is 11.7 Å². The molecule has 1 N–H and O–H groups in total. The van der Waals surface area contributed by atoms with Gasteiger partial charge in [0.25, 0.3) is 0 Å². The average Bonchev–Trinajstić information content (AvgIpc) is 2.67. The van der Waals surface area contributed by atoms with Crippen molar-refractivity contribution in [2.75, 3.05) is 18.5 Å². The molecule has 0 aliphatic heterocycles.